The van der Waals surface area contributed by atoms with Crippen molar-refractivity contribution in [3.63, 3.8) is 0 Å². The average molecular weight is 392 g/mol. The molecule has 2 aromatic carbocycles. The zero-order chi connectivity index (χ0) is 20.8. The lowest BCUT2D eigenvalue weighted by Gasteiger charge is -2.35. The van der Waals surface area contributed by atoms with E-state index in [1.54, 1.807) is 25.3 Å². The number of hydrogen-bond acceptors (Lipinski definition) is 3. The Bertz CT molecular complexity index is 897. The molecule has 2 atom stereocenters. The molecular weight excluding hydrogens is 364 g/mol. The minimum Gasteiger partial charge on any atom is -0.497 e. The number of methoxy groups -OCH3 is 1. The molecule has 0 bridgehead atoms. The molecule has 0 aromatic heterocycles. The van der Waals surface area contributed by atoms with E-state index in [2.05, 4.69) is 19.2 Å². The van der Waals surface area contributed by atoms with Gasteiger partial charge in [-0.15, -0.1) is 0 Å². The van der Waals surface area contributed by atoms with E-state index in [-0.39, 0.29) is 11.8 Å². The van der Waals surface area contributed by atoms with Crippen LogP contribution in [0.5, 0.6) is 5.75 Å². The topological polar surface area (TPSA) is 58.6 Å². The number of anilines is 1. The summed E-state index contributed by atoms with van der Waals surface area (Å²) in [5, 5.41) is 2.85. The molecule has 5 heteroatoms. The smallest absolute Gasteiger partial charge is 0.255 e. The first-order valence-electron chi connectivity index (χ1n) is 9.97. The van der Waals surface area contributed by atoms with Gasteiger partial charge >= 0.3 is 0 Å². The fourth-order valence-corrected chi connectivity index (χ4v) is 3.87. The van der Waals surface area contributed by atoms with Crippen LogP contribution in [0.4, 0.5) is 5.69 Å². The van der Waals surface area contributed by atoms with E-state index >= 15 is 0 Å². The van der Waals surface area contributed by atoms with Crippen LogP contribution in [0.2, 0.25) is 0 Å². The van der Waals surface area contributed by atoms with Crippen molar-refractivity contribution in [2.45, 2.75) is 20.3 Å². The number of nitrogens with one attached hydrogen (secondary N) is 1. The van der Waals surface area contributed by atoms with Gasteiger partial charge in [-0.05, 0) is 54.2 Å². The van der Waals surface area contributed by atoms with E-state index in [1.807, 2.05) is 41.3 Å². The zero-order valence-electron chi connectivity index (χ0n) is 17.2. The summed E-state index contributed by atoms with van der Waals surface area (Å²) < 4.78 is 5.20. The molecule has 2 amide bonds. The molecule has 1 N–H and O–H groups in total. The van der Waals surface area contributed by atoms with E-state index in [9.17, 15) is 9.59 Å². The van der Waals surface area contributed by atoms with Gasteiger partial charge in [0.1, 0.15) is 5.75 Å². The lowest BCUT2D eigenvalue weighted by atomic mass is 9.91. The number of carbonyl (C=O) groups excluding carboxylic acids is 2. The minimum absolute atomic E-state index is 0.0314. The van der Waals surface area contributed by atoms with Crippen molar-refractivity contribution in [2.24, 2.45) is 11.8 Å². The Hall–Kier alpha value is -3.08. The van der Waals surface area contributed by atoms with Gasteiger partial charge in [0.2, 0.25) is 5.91 Å². The number of ether oxygens (including phenoxy) is 1. The summed E-state index contributed by atoms with van der Waals surface area (Å²) in [6.07, 6.45) is 4.31. The van der Waals surface area contributed by atoms with Gasteiger partial charge < -0.3 is 15.0 Å². The van der Waals surface area contributed by atoms with Crippen molar-refractivity contribution in [1.29, 1.82) is 0 Å². The summed E-state index contributed by atoms with van der Waals surface area (Å²) in [4.78, 5) is 27.4. The molecule has 5 nitrogen and oxygen atoms in total. The Labute approximate surface area is 172 Å². The summed E-state index contributed by atoms with van der Waals surface area (Å²) in [6.45, 7) is 5.85. The van der Waals surface area contributed by atoms with Crippen molar-refractivity contribution >= 4 is 23.6 Å². The number of piperidine rings is 1. The largest absolute Gasteiger partial charge is 0.497 e. The van der Waals surface area contributed by atoms with Gasteiger partial charge in [0.25, 0.3) is 5.91 Å². The van der Waals surface area contributed by atoms with Gasteiger partial charge in [-0.2, -0.15) is 0 Å². The van der Waals surface area contributed by atoms with Gasteiger partial charge in [0.05, 0.1) is 18.4 Å². The van der Waals surface area contributed by atoms with Crippen LogP contribution in [0.1, 0.15) is 36.2 Å². The number of rotatable bonds is 5. The van der Waals surface area contributed by atoms with Crippen LogP contribution in [-0.4, -0.2) is 36.9 Å². The number of amides is 2. The number of carbonyl (C=O) groups is 2. The lowest BCUT2D eigenvalue weighted by Crippen LogP contribution is -2.42. The average Bonchev–Trinajstić information content (AvgIpc) is 2.71. The second-order valence-corrected chi connectivity index (χ2v) is 7.80. The third kappa shape index (κ3) is 5.47. The number of hydrogen-bond donors (Lipinski definition) is 1. The zero-order valence-corrected chi connectivity index (χ0v) is 17.2. The Morgan fingerprint density at radius 2 is 1.79 bits per heavy atom. The fourth-order valence-electron chi connectivity index (χ4n) is 3.87. The van der Waals surface area contributed by atoms with Gasteiger partial charge in [-0.25, -0.2) is 0 Å². The number of benzene rings is 2. The quantitative estimate of drug-likeness (QED) is 0.764. The Morgan fingerprint density at radius 1 is 1.07 bits per heavy atom. The number of para-hydroxylation sites is 1. The molecule has 0 aliphatic carbocycles. The molecule has 1 saturated heterocycles. The second-order valence-electron chi connectivity index (χ2n) is 7.80. The highest BCUT2D eigenvalue weighted by molar-refractivity contribution is 6.07. The third-order valence-electron chi connectivity index (χ3n) is 5.09. The summed E-state index contributed by atoms with van der Waals surface area (Å²) in [7, 11) is 1.60. The summed E-state index contributed by atoms with van der Waals surface area (Å²) >= 11 is 0. The van der Waals surface area contributed by atoms with Crippen LogP contribution >= 0.6 is 0 Å². The molecule has 1 fully saturated rings. The molecule has 1 heterocycles. The standard InChI is InChI=1S/C24H28N2O3/c1-17-13-18(2)16-26(15-17)24(28)21-9-4-5-10-22(21)25-23(27)12-11-19-7-6-8-20(14-19)29-3/h4-12,14,17-18H,13,15-16H2,1-3H3,(H,25,27)/b12-11+. The fraction of sp³-hybridized carbons (Fsp3) is 0.333. The highest BCUT2D eigenvalue weighted by Crippen LogP contribution is 2.25. The van der Waals surface area contributed by atoms with Crippen LogP contribution in [0.25, 0.3) is 6.08 Å². The maximum atomic E-state index is 13.1. The Morgan fingerprint density at radius 3 is 2.52 bits per heavy atom. The molecule has 152 valence electrons. The van der Waals surface area contributed by atoms with Crippen LogP contribution in [0, 0.1) is 11.8 Å². The second kappa shape index (κ2) is 9.41. The Kier molecular flexibility index (Phi) is 6.70. The van der Waals surface area contributed by atoms with Crippen molar-refractivity contribution in [3.8, 4) is 5.75 Å². The van der Waals surface area contributed by atoms with Gasteiger partial charge in [0.15, 0.2) is 0 Å². The van der Waals surface area contributed by atoms with Crippen molar-refractivity contribution < 1.29 is 14.3 Å². The molecule has 0 saturated carbocycles. The lowest BCUT2D eigenvalue weighted by molar-refractivity contribution is -0.111. The van der Waals surface area contributed by atoms with E-state index < -0.39 is 0 Å². The molecule has 3 rings (SSSR count). The first-order chi connectivity index (χ1) is 14.0. The van der Waals surface area contributed by atoms with Crippen molar-refractivity contribution in [2.75, 3.05) is 25.5 Å². The number of nitrogens with zero attached hydrogens (tertiary/aromatic N) is 1. The molecule has 0 spiro atoms. The van der Waals surface area contributed by atoms with E-state index in [0.717, 1.165) is 30.8 Å². The van der Waals surface area contributed by atoms with Gasteiger partial charge in [-0.3, -0.25) is 9.59 Å². The predicted octanol–water partition coefficient (Wildman–Crippen LogP) is 4.47. The van der Waals surface area contributed by atoms with E-state index in [4.69, 9.17) is 4.74 Å². The summed E-state index contributed by atoms with van der Waals surface area (Å²) in [5.41, 5.74) is 1.92. The van der Waals surface area contributed by atoms with Crippen LogP contribution in [-0.2, 0) is 4.79 Å². The highest BCUT2D eigenvalue weighted by Gasteiger charge is 2.27. The van der Waals surface area contributed by atoms with Crippen LogP contribution in [0.3, 0.4) is 0 Å². The van der Waals surface area contributed by atoms with Crippen molar-refractivity contribution in [3.05, 3.63) is 65.7 Å². The van der Waals surface area contributed by atoms with Gasteiger partial charge in [0, 0.05) is 19.2 Å². The monoisotopic (exact) mass is 392 g/mol. The normalized spacial score (nSPS) is 19.2. The molecule has 0 radical (unpaired) electrons. The molecule has 2 aromatic rings. The summed E-state index contributed by atoms with van der Waals surface area (Å²) in [6, 6.07) is 14.6. The van der Waals surface area contributed by atoms with E-state index in [0.29, 0.717) is 23.1 Å². The third-order valence-corrected chi connectivity index (χ3v) is 5.09. The first-order valence-corrected chi connectivity index (χ1v) is 9.97. The Balaban J connectivity index is 1.72. The minimum atomic E-state index is -0.284. The van der Waals surface area contributed by atoms with E-state index in [1.165, 1.54) is 6.08 Å². The van der Waals surface area contributed by atoms with Gasteiger partial charge in [-0.1, -0.05) is 38.1 Å². The van der Waals surface area contributed by atoms with Crippen LogP contribution in [0.15, 0.2) is 54.6 Å². The molecule has 1 aliphatic heterocycles. The molecular formula is C24H28N2O3. The molecule has 1 aliphatic rings. The first kappa shape index (κ1) is 20.6. The molecule has 29 heavy (non-hydrogen) atoms. The number of likely N-dealkylation sites (tertiary alicyclic amines) is 1. The van der Waals surface area contributed by atoms with Crippen LogP contribution < -0.4 is 10.1 Å². The summed E-state index contributed by atoms with van der Waals surface area (Å²) in [5.74, 6) is 1.38. The maximum Gasteiger partial charge on any atom is 0.255 e. The predicted molar refractivity (Wildman–Crippen MR) is 116 cm³/mol. The highest BCUT2D eigenvalue weighted by atomic mass is 16.5. The van der Waals surface area contributed by atoms with Crippen molar-refractivity contribution in [1.82, 2.24) is 4.90 Å². The molecule has 2 unspecified atom stereocenters. The SMILES string of the molecule is COc1cccc(/C=C/C(=O)Nc2ccccc2C(=O)N2CC(C)CC(C)C2)c1. The maximum absolute atomic E-state index is 13.1.